The molecule has 0 spiro atoms. The van der Waals surface area contributed by atoms with Crippen LogP contribution in [0.2, 0.25) is 0 Å². The molecule has 0 bridgehead atoms. The van der Waals surface area contributed by atoms with Gasteiger partial charge in [0.2, 0.25) is 0 Å². The SMILES string of the molecule is CC1CNC(=[N+](Cc2ccccc2)Cc2ccccc2)S1. The van der Waals surface area contributed by atoms with E-state index in [0.29, 0.717) is 5.25 Å². The van der Waals surface area contributed by atoms with Crippen LogP contribution in [0.4, 0.5) is 0 Å². The normalized spacial score (nSPS) is 17.6. The molecule has 2 aromatic carbocycles. The number of amidine groups is 1. The summed E-state index contributed by atoms with van der Waals surface area (Å²) in [6.07, 6.45) is 0. The Morgan fingerprint density at radius 1 is 0.952 bits per heavy atom. The standard InChI is InChI=1S/C18H20N2S/c1-15-12-19-18(21-15)20(13-16-8-4-2-5-9-16)14-17-10-6-3-7-11-17/h2-11,15H,12-14H2,1H3/p+1. The summed E-state index contributed by atoms with van der Waals surface area (Å²) in [6, 6.07) is 21.4. The van der Waals surface area contributed by atoms with E-state index in [1.807, 2.05) is 11.8 Å². The summed E-state index contributed by atoms with van der Waals surface area (Å²) in [5.41, 5.74) is 2.70. The van der Waals surface area contributed by atoms with Crippen LogP contribution in [0.3, 0.4) is 0 Å². The average molecular weight is 297 g/mol. The van der Waals surface area contributed by atoms with Crippen LogP contribution in [-0.2, 0) is 13.1 Å². The Morgan fingerprint density at radius 3 is 1.90 bits per heavy atom. The first kappa shape index (κ1) is 14.2. The highest BCUT2D eigenvalue weighted by Gasteiger charge is 2.26. The van der Waals surface area contributed by atoms with E-state index < -0.39 is 0 Å². The van der Waals surface area contributed by atoms with Crippen molar-refractivity contribution in [3.63, 3.8) is 0 Å². The molecule has 3 heteroatoms. The minimum Gasteiger partial charge on any atom is -0.268 e. The van der Waals surface area contributed by atoms with Gasteiger partial charge in [-0.15, -0.1) is 0 Å². The molecule has 1 fully saturated rings. The molecule has 1 heterocycles. The van der Waals surface area contributed by atoms with Crippen molar-refractivity contribution in [1.82, 2.24) is 5.32 Å². The second kappa shape index (κ2) is 6.81. The quantitative estimate of drug-likeness (QED) is 0.869. The van der Waals surface area contributed by atoms with Gasteiger partial charge in [0.15, 0.2) is 0 Å². The van der Waals surface area contributed by atoms with Gasteiger partial charge in [-0.3, -0.25) is 5.32 Å². The highest BCUT2D eigenvalue weighted by molar-refractivity contribution is 8.14. The first-order valence-electron chi connectivity index (χ1n) is 7.41. The molecule has 0 radical (unpaired) electrons. The number of nitrogens with zero attached hydrogens (tertiary/aromatic N) is 1. The Bertz CT molecular complexity index is 564. The zero-order valence-corrected chi connectivity index (χ0v) is 13.1. The lowest BCUT2D eigenvalue weighted by molar-refractivity contribution is -0.559. The van der Waals surface area contributed by atoms with E-state index in [1.54, 1.807) is 0 Å². The molecule has 0 saturated carbocycles. The van der Waals surface area contributed by atoms with E-state index >= 15 is 0 Å². The predicted molar refractivity (Wildman–Crippen MR) is 90.6 cm³/mol. The van der Waals surface area contributed by atoms with Crippen molar-refractivity contribution in [1.29, 1.82) is 0 Å². The molecule has 0 amide bonds. The number of benzene rings is 2. The summed E-state index contributed by atoms with van der Waals surface area (Å²) in [5.74, 6) is 0. The summed E-state index contributed by atoms with van der Waals surface area (Å²) >= 11 is 1.94. The van der Waals surface area contributed by atoms with Gasteiger partial charge in [0.05, 0.1) is 11.8 Å². The maximum absolute atomic E-state index is 3.55. The lowest BCUT2D eigenvalue weighted by Crippen LogP contribution is -2.27. The summed E-state index contributed by atoms with van der Waals surface area (Å²) in [6.45, 7) is 5.21. The van der Waals surface area contributed by atoms with Crippen LogP contribution in [0.1, 0.15) is 18.1 Å². The molecule has 2 nitrogen and oxygen atoms in total. The van der Waals surface area contributed by atoms with Crippen molar-refractivity contribution >= 4 is 16.9 Å². The Hall–Kier alpha value is -1.74. The maximum atomic E-state index is 3.55. The molecule has 1 atom stereocenters. The summed E-state index contributed by atoms with van der Waals surface area (Å²) < 4.78 is 2.44. The van der Waals surface area contributed by atoms with Crippen LogP contribution < -0.4 is 5.32 Å². The molecule has 0 aromatic heterocycles. The fourth-order valence-electron chi connectivity index (χ4n) is 2.50. The number of thioether (sulfide) groups is 1. The van der Waals surface area contributed by atoms with Crippen molar-refractivity contribution < 1.29 is 4.58 Å². The third-order valence-electron chi connectivity index (χ3n) is 3.57. The van der Waals surface area contributed by atoms with E-state index in [1.165, 1.54) is 16.3 Å². The topological polar surface area (TPSA) is 15.0 Å². The molecule has 1 aliphatic rings. The minimum absolute atomic E-state index is 0.647. The highest BCUT2D eigenvalue weighted by Crippen LogP contribution is 2.19. The fraction of sp³-hybridized carbons (Fsp3) is 0.278. The Balaban J connectivity index is 1.85. The molecule has 108 valence electrons. The lowest BCUT2D eigenvalue weighted by Gasteiger charge is -2.10. The minimum atomic E-state index is 0.647. The Labute approximate surface area is 130 Å². The van der Waals surface area contributed by atoms with Crippen LogP contribution in [0, 0.1) is 0 Å². The summed E-state index contributed by atoms with van der Waals surface area (Å²) in [4.78, 5) is 0. The first-order chi connectivity index (χ1) is 10.3. The van der Waals surface area contributed by atoms with Gasteiger partial charge in [-0.05, 0) is 29.8 Å². The van der Waals surface area contributed by atoms with Crippen molar-refractivity contribution in [2.24, 2.45) is 0 Å². The van der Waals surface area contributed by atoms with Crippen LogP contribution in [0.5, 0.6) is 0 Å². The smallest absolute Gasteiger partial charge is 0.268 e. The molecule has 3 rings (SSSR count). The molecular formula is C18H21N2S+. The van der Waals surface area contributed by atoms with Gasteiger partial charge in [0.25, 0.3) is 0 Å². The Morgan fingerprint density at radius 2 is 1.48 bits per heavy atom. The molecular weight excluding hydrogens is 276 g/mol. The van der Waals surface area contributed by atoms with Gasteiger partial charge in [-0.2, -0.15) is 0 Å². The second-order valence-electron chi connectivity index (χ2n) is 5.44. The van der Waals surface area contributed by atoms with Gasteiger partial charge in [0, 0.05) is 0 Å². The summed E-state index contributed by atoms with van der Waals surface area (Å²) in [7, 11) is 0. The van der Waals surface area contributed by atoms with E-state index in [-0.39, 0.29) is 0 Å². The zero-order chi connectivity index (χ0) is 14.5. The molecule has 1 N–H and O–H groups in total. The van der Waals surface area contributed by atoms with E-state index in [0.717, 1.165) is 19.6 Å². The van der Waals surface area contributed by atoms with E-state index in [9.17, 15) is 0 Å². The van der Waals surface area contributed by atoms with Crippen LogP contribution in [-0.4, -0.2) is 21.5 Å². The van der Waals surface area contributed by atoms with Gasteiger partial charge in [-0.1, -0.05) is 60.7 Å². The fourth-order valence-corrected chi connectivity index (χ4v) is 3.49. The van der Waals surface area contributed by atoms with E-state index in [2.05, 4.69) is 77.5 Å². The first-order valence-corrected chi connectivity index (χ1v) is 8.29. The molecule has 2 aromatic rings. The number of hydrogen-bond acceptors (Lipinski definition) is 1. The van der Waals surface area contributed by atoms with Crippen molar-refractivity contribution in [2.45, 2.75) is 25.3 Å². The third-order valence-corrected chi connectivity index (χ3v) is 4.77. The van der Waals surface area contributed by atoms with Crippen molar-refractivity contribution in [3.8, 4) is 0 Å². The highest BCUT2D eigenvalue weighted by atomic mass is 32.2. The average Bonchev–Trinajstić information content (AvgIpc) is 2.95. The van der Waals surface area contributed by atoms with Gasteiger partial charge in [0.1, 0.15) is 13.1 Å². The van der Waals surface area contributed by atoms with Crippen molar-refractivity contribution in [3.05, 3.63) is 71.8 Å². The number of hydrogen-bond donors (Lipinski definition) is 1. The number of nitrogens with one attached hydrogen (secondary N) is 1. The Kier molecular flexibility index (Phi) is 4.61. The maximum Gasteiger partial charge on any atom is 0.307 e. The van der Waals surface area contributed by atoms with E-state index in [4.69, 9.17) is 0 Å². The predicted octanol–water partition coefficient (Wildman–Crippen LogP) is 3.48. The van der Waals surface area contributed by atoms with Gasteiger partial charge in [-0.25, -0.2) is 4.58 Å². The van der Waals surface area contributed by atoms with Gasteiger partial charge < -0.3 is 0 Å². The lowest BCUT2D eigenvalue weighted by atomic mass is 10.2. The molecule has 1 saturated heterocycles. The monoisotopic (exact) mass is 297 g/mol. The van der Waals surface area contributed by atoms with Gasteiger partial charge >= 0.3 is 5.17 Å². The molecule has 1 aliphatic heterocycles. The molecule has 1 unspecified atom stereocenters. The van der Waals surface area contributed by atoms with Crippen LogP contribution in [0.25, 0.3) is 0 Å². The zero-order valence-electron chi connectivity index (χ0n) is 12.3. The van der Waals surface area contributed by atoms with Crippen LogP contribution in [0.15, 0.2) is 60.7 Å². The largest absolute Gasteiger partial charge is 0.307 e. The third kappa shape index (κ3) is 3.88. The number of rotatable bonds is 4. The van der Waals surface area contributed by atoms with Crippen molar-refractivity contribution in [2.75, 3.05) is 6.54 Å². The summed E-state index contributed by atoms with van der Waals surface area (Å²) in [5, 5.41) is 5.50. The molecule has 0 aliphatic carbocycles. The van der Waals surface area contributed by atoms with Crippen LogP contribution >= 0.6 is 11.8 Å². The second-order valence-corrected chi connectivity index (χ2v) is 6.87. The molecule has 21 heavy (non-hydrogen) atoms.